The van der Waals surface area contributed by atoms with Crippen LogP contribution in [0.2, 0.25) is 0 Å². The molecule has 1 N–H and O–H groups in total. The molecular formula is C16H21N3O2. The maximum atomic E-state index is 5.56. The number of hydrogen-bond acceptors (Lipinski definition) is 5. The van der Waals surface area contributed by atoms with Crippen molar-refractivity contribution >= 4 is 5.82 Å². The average Bonchev–Trinajstić information content (AvgIpc) is 2.94. The van der Waals surface area contributed by atoms with Crippen LogP contribution in [0.5, 0.6) is 0 Å². The predicted molar refractivity (Wildman–Crippen MR) is 81.3 cm³/mol. The smallest absolute Gasteiger partial charge is 0.133 e. The zero-order valence-corrected chi connectivity index (χ0v) is 12.3. The van der Waals surface area contributed by atoms with Gasteiger partial charge < -0.3 is 19.4 Å². The third kappa shape index (κ3) is 3.62. The highest BCUT2D eigenvalue weighted by Crippen LogP contribution is 2.18. The second kappa shape index (κ2) is 6.74. The number of nitrogens with one attached hydrogen (secondary N) is 1. The maximum absolute atomic E-state index is 5.56. The number of aryl methyl sites for hydroxylation is 1. The number of furan rings is 1. The van der Waals surface area contributed by atoms with E-state index >= 15 is 0 Å². The SMILES string of the molecule is Cc1ccc(CNCc2cccnc2N2CCOCC2)o1. The van der Waals surface area contributed by atoms with Crippen LogP contribution >= 0.6 is 0 Å². The van der Waals surface area contributed by atoms with Gasteiger partial charge in [0.15, 0.2) is 0 Å². The summed E-state index contributed by atoms with van der Waals surface area (Å²) in [5, 5.41) is 3.42. The van der Waals surface area contributed by atoms with Crippen molar-refractivity contribution < 1.29 is 9.15 Å². The fraction of sp³-hybridized carbons (Fsp3) is 0.438. The second-order valence-corrected chi connectivity index (χ2v) is 5.20. The van der Waals surface area contributed by atoms with E-state index in [9.17, 15) is 0 Å². The van der Waals surface area contributed by atoms with Crippen LogP contribution in [0.1, 0.15) is 17.1 Å². The van der Waals surface area contributed by atoms with Gasteiger partial charge in [-0.1, -0.05) is 6.07 Å². The van der Waals surface area contributed by atoms with Crippen LogP contribution in [0.15, 0.2) is 34.9 Å². The molecule has 0 saturated carbocycles. The molecule has 0 amide bonds. The van der Waals surface area contributed by atoms with Gasteiger partial charge in [-0.25, -0.2) is 4.98 Å². The molecule has 0 atom stereocenters. The van der Waals surface area contributed by atoms with Crippen LogP contribution in [0.3, 0.4) is 0 Å². The summed E-state index contributed by atoms with van der Waals surface area (Å²) in [6, 6.07) is 8.10. The lowest BCUT2D eigenvalue weighted by atomic mass is 10.2. The lowest BCUT2D eigenvalue weighted by Crippen LogP contribution is -2.37. The number of hydrogen-bond donors (Lipinski definition) is 1. The van der Waals surface area contributed by atoms with E-state index in [4.69, 9.17) is 9.15 Å². The number of pyridine rings is 1. The number of anilines is 1. The Bertz CT molecular complexity index is 576. The number of aromatic nitrogens is 1. The number of nitrogens with zero attached hydrogens (tertiary/aromatic N) is 2. The lowest BCUT2D eigenvalue weighted by Gasteiger charge is -2.29. The Kier molecular flexibility index (Phi) is 4.52. The molecule has 5 nitrogen and oxygen atoms in total. The van der Waals surface area contributed by atoms with Gasteiger partial charge in [-0.2, -0.15) is 0 Å². The van der Waals surface area contributed by atoms with Gasteiger partial charge in [0.05, 0.1) is 19.8 Å². The van der Waals surface area contributed by atoms with Crippen molar-refractivity contribution in [3.63, 3.8) is 0 Å². The first kappa shape index (κ1) is 14.1. The highest BCUT2D eigenvalue weighted by molar-refractivity contribution is 5.47. The molecule has 1 aliphatic heterocycles. The van der Waals surface area contributed by atoms with Gasteiger partial charge in [0.1, 0.15) is 17.3 Å². The summed E-state index contributed by atoms with van der Waals surface area (Å²) in [4.78, 5) is 6.83. The minimum Gasteiger partial charge on any atom is -0.465 e. The molecule has 1 aliphatic rings. The topological polar surface area (TPSA) is 50.5 Å². The molecule has 3 rings (SSSR count). The van der Waals surface area contributed by atoms with Gasteiger partial charge in [0, 0.05) is 31.4 Å². The van der Waals surface area contributed by atoms with Crippen LogP contribution in [0.4, 0.5) is 5.82 Å². The van der Waals surface area contributed by atoms with Gasteiger partial charge >= 0.3 is 0 Å². The summed E-state index contributed by atoms with van der Waals surface area (Å²) >= 11 is 0. The van der Waals surface area contributed by atoms with Crippen molar-refractivity contribution in [1.82, 2.24) is 10.3 Å². The Morgan fingerprint density at radius 2 is 2.05 bits per heavy atom. The molecule has 5 heteroatoms. The molecule has 1 saturated heterocycles. The Morgan fingerprint density at radius 3 is 2.81 bits per heavy atom. The van der Waals surface area contributed by atoms with Crippen LogP contribution in [-0.2, 0) is 17.8 Å². The van der Waals surface area contributed by atoms with E-state index < -0.39 is 0 Å². The van der Waals surface area contributed by atoms with E-state index in [1.807, 2.05) is 31.3 Å². The van der Waals surface area contributed by atoms with Crippen molar-refractivity contribution in [2.75, 3.05) is 31.2 Å². The van der Waals surface area contributed by atoms with Crippen molar-refractivity contribution in [3.05, 3.63) is 47.5 Å². The average molecular weight is 287 g/mol. The van der Waals surface area contributed by atoms with Gasteiger partial charge in [-0.3, -0.25) is 0 Å². The first-order valence-corrected chi connectivity index (χ1v) is 7.35. The lowest BCUT2D eigenvalue weighted by molar-refractivity contribution is 0.122. The zero-order chi connectivity index (χ0) is 14.5. The molecule has 112 valence electrons. The molecule has 0 spiro atoms. The summed E-state index contributed by atoms with van der Waals surface area (Å²) < 4.78 is 11.0. The van der Waals surface area contributed by atoms with Crippen molar-refractivity contribution in [3.8, 4) is 0 Å². The normalized spacial score (nSPS) is 15.4. The van der Waals surface area contributed by atoms with Crippen LogP contribution in [0, 0.1) is 6.92 Å². The summed E-state index contributed by atoms with van der Waals surface area (Å²) in [5.41, 5.74) is 1.21. The standard InChI is InChI=1S/C16H21N3O2/c1-13-4-5-15(21-13)12-17-11-14-3-2-6-18-16(14)19-7-9-20-10-8-19/h2-6,17H,7-12H2,1H3. The Balaban J connectivity index is 1.62. The van der Waals surface area contributed by atoms with Gasteiger partial charge in [-0.15, -0.1) is 0 Å². The predicted octanol–water partition coefficient (Wildman–Crippen LogP) is 2.11. The third-order valence-electron chi connectivity index (χ3n) is 3.59. The number of ether oxygens (including phenoxy) is 1. The van der Waals surface area contributed by atoms with E-state index in [2.05, 4.69) is 21.3 Å². The minimum absolute atomic E-state index is 0.727. The molecule has 0 aliphatic carbocycles. The molecule has 0 unspecified atom stereocenters. The van der Waals surface area contributed by atoms with Crippen molar-refractivity contribution in [2.45, 2.75) is 20.0 Å². The first-order chi connectivity index (χ1) is 10.3. The Hall–Kier alpha value is -1.85. The van der Waals surface area contributed by atoms with E-state index in [0.29, 0.717) is 0 Å². The zero-order valence-electron chi connectivity index (χ0n) is 12.3. The molecule has 2 aromatic rings. The molecule has 3 heterocycles. The summed E-state index contributed by atoms with van der Waals surface area (Å²) in [6.45, 7) is 6.82. The largest absolute Gasteiger partial charge is 0.465 e. The molecule has 1 fully saturated rings. The van der Waals surface area contributed by atoms with E-state index in [1.54, 1.807) is 0 Å². The molecular weight excluding hydrogens is 266 g/mol. The monoisotopic (exact) mass is 287 g/mol. The summed E-state index contributed by atoms with van der Waals surface area (Å²) in [5.74, 6) is 2.97. The minimum atomic E-state index is 0.727. The molecule has 2 aromatic heterocycles. The van der Waals surface area contributed by atoms with Crippen LogP contribution in [-0.4, -0.2) is 31.3 Å². The molecule has 0 aromatic carbocycles. The molecule has 21 heavy (non-hydrogen) atoms. The number of morpholine rings is 1. The van der Waals surface area contributed by atoms with Crippen LogP contribution in [0.25, 0.3) is 0 Å². The summed E-state index contributed by atoms with van der Waals surface area (Å²) in [7, 11) is 0. The van der Waals surface area contributed by atoms with Gasteiger partial charge in [0.2, 0.25) is 0 Å². The van der Waals surface area contributed by atoms with Crippen molar-refractivity contribution in [2.24, 2.45) is 0 Å². The van der Waals surface area contributed by atoms with Crippen molar-refractivity contribution in [1.29, 1.82) is 0 Å². The van der Waals surface area contributed by atoms with Crippen LogP contribution < -0.4 is 10.2 Å². The summed E-state index contributed by atoms with van der Waals surface area (Å²) in [6.07, 6.45) is 1.85. The fourth-order valence-corrected chi connectivity index (χ4v) is 2.53. The quantitative estimate of drug-likeness (QED) is 0.913. The first-order valence-electron chi connectivity index (χ1n) is 7.35. The van der Waals surface area contributed by atoms with E-state index in [1.165, 1.54) is 5.56 Å². The van der Waals surface area contributed by atoms with Gasteiger partial charge in [0.25, 0.3) is 0 Å². The highest BCUT2D eigenvalue weighted by Gasteiger charge is 2.15. The Morgan fingerprint density at radius 1 is 1.19 bits per heavy atom. The number of rotatable bonds is 5. The molecule has 0 bridgehead atoms. The maximum Gasteiger partial charge on any atom is 0.133 e. The van der Waals surface area contributed by atoms with E-state index in [0.717, 1.165) is 56.7 Å². The third-order valence-corrected chi connectivity index (χ3v) is 3.59. The Labute approximate surface area is 124 Å². The molecule has 0 radical (unpaired) electrons. The van der Waals surface area contributed by atoms with Gasteiger partial charge in [-0.05, 0) is 25.1 Å². The highest BCUT2D eigenvalue weighted by atomic mass is 16.5. The van der Waals surface area contributed by atoms with E-state index in [-0.39, 0.29) is 0 Å². The second-order valence-electron chi connectivity index (χ2n) is 5.20. The fourth-order valence-electron chi connectivity index (χ4n) is 2.53.